The van der Waals surface area contributed by atoms with Crippen molar-refractivity contribution in [2.75, 3.05) is 17.1 Å². The van der Waals surface area contributed by atoms with Gasteiger partial charge in [0.05, 0.1) is 18.4 Å². The van der Waals surface area contributed by atoms with Crippen LogP contribution in [0.25, 0.3) is 0 Å². The number of sulfonamides is 1. The lowest BCUT2D eigenvalue weighted by molar-refractivity contribution is -0.136. The van der Waals surface area contributed by atoms with E-state index in [0.717, 1.165) is 16.1 Å². The van der Waals surface area contributed by atoms with Gasteiger partial charge in [-0.3, -0.25) is 9.10 Å². The van der Waals surface area contributed by atoms with Gasteiger partial charge >= 0.3 is 5.97 Å². The van der Waals surface area contributed by atoms with Crippen LogP contribution < -0.4 is 4.31 Å². The normalized spacial score (nSPS) is 11.2. The van der Waals surface area contributed by atoms with Gasteiger partial charge in [-0.1, -0.05) is 17.7 Å². The second-order valence-corrected chi connectivity index (χ2v) is 5.72. The van der Waals surface area contributed by atoms with E-state index in [9.17, 15) is 13.2 Å². The molecule has 0 aliphatic rings. The zero-order chi connectivity index (χ0) is 13.1. The van der Waals surface area contributed by atoms with Crippen LogP contribution >= 0.6 is 0 Å². The van der Waals surface area contributed by atoms with Gasteiger partial charge in [-0.15, -0.1) is 0 Å². The van der Waals surface area contributed by atoms with Gasteiger partial charge < -0.3 is 5.11 Å². The van der Waals surface area contributed by atoms with Crippen molar-refractivity contribution in [1.29, 1.82) is 0 Å². The highest BCUT2D eigenvalue weighted by atomic mass is 32.2. The summed E-state index contributed by atoms with van der Waals surface area (Å²) in [6, 6.07) is 6.90. The lowest BCUT2D eigenvalue weighted by Gasteiger charge is -2.21. The van der Waals surface area contributed by atoms with Gasteiger partial charge in [0.15, 0.2) is 0 Å². The number of rotatable bonds is 5. The Morgan fingerprint density at radius 1 is 1.29 bits per heavy atom. The molecular formula is C11H15NO4S. The van der Waals surface area contributed by atoms with E-state index in [2.05, 4.69) is 0 Å². The van der Waals surface area contributed by atoms with Crippen LogP contribution in [0.5, 0.6) is 0 Å². The Bertz CT molecular complexity index is 493. The van der Waals surface area contributed by atoms with Crippen LogP contribution in [0.2, 0.25) is 0 Å². The van der Waals surface area contributed by atoms with E-state index in [4.69, 9.17) is 5.11 Å². The van der Waals surface area contributed by atoms with Gasteiger partial charge in [0.25, 0.3) is 0 Å². The smallest absolute Gasteiger partial charge is 0.305 e. The molecule has 0 amide bonds. The third-order valence-electron chi connectivity index (χ3n) is 2.25. The standard InChI is InChI=1S/C11H15NO4S/c1-9-3-5-10(6-4-9)12(17(2,15)16)8-7-11(13)14/h3-6H,7-8H2,1-2H3,(H,13,14). The molecule has 0 saturated heterocycles. The molecule has 0 spiro atoms. The van der Waals surface area contributed by atoms with Crippen molar-refractivity contribution in [2.24, 2.45) is 0 Å². The molecule has 1 rings (SSSR count). The van der Waals surface area contributed by atoms with E-state index in [1.54, 1.807) is 24.3 Å². The molecule has 0 saturated carbocycles. The van der Waals surface area contributed by atoms with Crippen molar-refractivity contribution in [3.8, 4) is 0 Å². The number of benzene rings is 1. The van der Waals surface area contributed by atoms with Gasteiger partial charge in [0, 0.05) is 6.54 Å². The molecule has 0 bridgehead atoms. The SMILES string of the molecule is Cc1ccc(N(CCC(=O)O)S(C)(=O)=O)cc1. The fraction of sp³-hybridized carbons (Fsp3) is 0.364. The summed E-state index contributed by atoms with van der Waals surface area (Å²) in [6.45, 7) is 1.84. The van der Waals surface area contributed by atoms with E-state index < -0.39 is 16.0 Å². The number of aliphatic carboxylic acids is 1. The molecule has 1 aromatic rings. The van der Waals surface area contributed by atoms with Gasteiger partial charge in [0.2, 0.25) is 10.0 Å². The number of carbonyl (C=O) groups is 1. The van der Waals surface area contributed by atoms with Crippen LogP contribution in [0, 0.1) is 6.92 Å². The maximum atomic E-state index is 11.6. The minimum absolute atomic E-state index is 0.0583. The first-order valence-electron chi connectivity index (χ1n) is 5.07. The van der Waals surface area contributed by atoms with Crippen molar-refractivity contribution in [3.05, 3.63) is 29.8 Å². The summed E-state index contributed by atoms with van der Waals surface area (Å²) in [5.74, 6) is -1.02. The van der Waals surface area contributed by atoms with Crippen LogP contribution in [0.1, 0.15) is 12.0 Å². The zero-order valence-electron chi connectivity index (χ0n) is 9.75. The first-order valence-corrected chi connectivity index (χ1v) is 6.91. The molecule has 0 radical (unpaired) electrons. The molecule has 94 valence electrons. The molecule has 6 heteroatoms. The predicted molar refractivity (Wildman–Crippen MR) is 65.6 cm³/mol. The molecular weight excluding hydrogens is 242 g/mol. The highest BCUT2D eigenvalue weighted by Crippen LogP contribution is 2.18. The Morgan fingerprint density at radius 2 is 1.82 bits per heavy atom. The highest BCUT2D eigenvalue weighted by Gasteiger charge is 2.17. The average molecular weight is 257 g/mol. The van der Waals surface area contributed by atoms with Crippen LogP contribution in [-0.4, -0.2) is 32.3 Å². The maximum Gasteiger partial charge on any atom is 0.305 e. The van der Waals surface area contributed by atoms with Gasteiger partial charge in [-0.25, -0.2) is 8.42 Å². The summed E-state index contributed by atoms with van der Waals surface area (Å²) in [7, 11) is -3.46. The third kappa shape index (κ3) is 4.07. The Kier molecular flexibility index (Phi) is 4.11. The van der Waals surface area contributed by atoms with Gasteiger partial charge in [-0.05, 0) is 19.1 Å². The topological polar surface area (TPSA) is 74.7 Å². The number of aryl methyl sites for hydroxylation is 1. The number of nitrogens with zero attached hydrogens (tertiary/aromatic N) is 1. The summed E-state index contributed by atoms with van der Waals surface area (Å²) in [5, 5.41) is 8.60. The lowest BCUT2D eigenvalue weighted by atomic mass is 10.2. The van der Waals surface area contributed by atoms with E-state index in [-0.39, 0.29) is 13.0 Å². The van der Waals surface area contributed by atoms with E-state index in [1.165, 1.54) is 0 Å². The minimum Gasteiger partial charge on any atom is -0.481 e. The molecule has 0 aliphatic heterocycles. The maximum absolute atomic E-state index is 11.6. The molecule has 17 heavy (non-hydrogen) atoms. The Hall–Kier alpha value is -1.56. The van der Waals surface area contributed by atoms with E-state index >= 15 is 0 Å². The summed E-state index contributed by atoms with van der Waals surface area (Å²) in [6.07, 6.45) is 0.843. The molecule has 5 nitrogen and oxygen atoms in total. The Labute approximate surface area is 101 Å². The number of anilines is 1. The molecule has 0 heterocycles. The van der Waals surface area contributed by atoms with Gasteiger partial charge in [0.1, 0.15) is 0 Å². The fourth-order valence-electron chi connectivity index (χ4n) is 1.39. The quantitative estimate of drug-likeness (QED) is 0.861. The van der Waals surface area contributed by atoms with Crippen LogP contribution in [0.15, 0.2) is 24.3 Å². The Balaban J connectivity index is 2.98. The molecule has 0 fully saturated rings. The van der Waals surface area contributed by atoms with Crippen LogP contribution in [-0.2, 0) is 14.8 Å². The summed E-state index contributed by atoms with van der Waals surface area (Å²) < 4.78 is 24.2. The van der Waals surface area contributed by atoms with Crippen molar-refractivity contribution in [2.45, 2.75) is 13.3 Å². The average Bonchev–Trinajstić information content (AvgIpc) is 2.18. The molecule has 1 aromatic carbocycles. The molecule has 0 unspecified atom stereocenters. The number of hydrogen-bond acceptors (Lipinski definition) is 3. The molecule has 1 N–H and O–H groups in total. The van der Waals surface area contributed by atoms with Crippen LogP contribution in [0.4, 0.5) is 5.69 Å². The van der Waals surface area contributed by atoms with Gasteiger partial charge in [-0.2, -0.15) is 0 Å². The van der Waals surface area contributed by atoms with Crippen molar-refractivity contribution in [3.63, 3.8) is 0 Å². The minimum atomic E-state index is -3.46. The highest BCUT2D eigenvalue weighted by molar-refractivity contribution is 7.92. The molecule has 0 atom stereocenters. The molecule has 0 aliphatic carbocycles. The first-order chi connectivity index (χ1) is 7.80. The van der Waals surface area contributed by atoms with Crippen molar-refractivity contribution >= 4 is 21.7 Å². The van der Waals surface area contributed by atoms with Crippen molar-refractivity contribution < 1.29 is 18.3 Å². The zero-order valence-corrected chi connectivity index (χ0v) is 10.6. The summed E-state index contributed by atoms with van der Waals surface area (Å²) in [5.41, 5.74) is 1.50. The van der Waals surface area contributed by atoms with E-state index in [1.807, 2.05) is 6.92 Å². The second kappa shape index (κ2) is 5.18. The Morgan fingerprint density at radius 3 is 2.24 bits per heavy atom. The number of carboxylic acids is 1. The third-order valence-corrected chi connectivity index (χ3v) is 3.45. The largest absolute Gasteiger partial charge is 0.481 e. The lowest BCUT2D eigenvalue weighted by Crippen LogP contribution is -2.31. The fourth-order valence-corrected chi connectivity index (χ4v) is 2.32. The summed E-state index contributed by atoms with van der Waals surface area (Å²) >= 11 is 0. The predicted octanol–water partition coefficient (Wildman–Crippen LogP) is 1.24. The van der Waals surface area contributed by atoms with Crippen LogP contribution in [0.3, 0.4) is 0 Å². The first kappa shape index (κ1) is 13.5. The van der Waals surface area contributed by atoms with E-state index in [0.29, 0.717) is 5.69 Å². The monoisotopic (exact) mass is 257 g/mol. The second-order valence-electron chi connectivity index (χ2n) is 3.81. The summed E-state index contributed by atoms with van der Waals surface area (Å²) in [4.78, 5) is 10.5. The van der Waals surface area contributed by atoms with Crippen molar-refractivity contribution in [1.82, 2.24) is 0 Å². The molecule has 0 aromatic heterocycles. The number of carboxylic acid groups (broad SMARTS) is 1. The number of hydrogen-bond donors (Lipinski definition) is 1.